The van der Waals surface area contributed by atoms with Crippen molar-refractivity contribution in [3.63, 3.8) is 0 Å². The van der Waals surface area contributed by atoms with E-state index in [9.17, 15) is 4.79 Å². The standard InChI is InChI=1S/C15H20N2OS/c18-15(11-5-1-2-7-14(11)19)16-12-8-10-17-9-4-3-6-13(12)17/h1-2,5,7,12-13,19H,3-4,6,8-10H2,(H,16,18). The fourth-order valence-electron chi connectivity index (χ4n) is 3.33. The van der Waals surface area contributed by atoms with Gasteiger partial charge in [0.2, 0.25) is 0 Å². The molecule has 0 radical (unpaired) electrons. The number of thiol groups is 1. The normalized spacial score (nSPS) is 27.0. The molecule has 2 unspecified atom stereocenters. The zero-order chi connectivity index (χ0) is 13.2. The number of amides is 1. The molecule has 2 aliphatic heterocycles. The molecule has 19 heavy (non-hydrogen) atoms. The zero-order valence-corrected chi connectivity index (χ0v) is 11.9. The first-order valence-corrected chi connectivity index (χ1v) is 7.53. The Morgan fingerprint density at radius 3 is 2.89 bits per heavy atom. The van der Waals surface area contributed by atoms with Gasteiger partial charge in [-0.3, -0.25) is 9.69 Å². The summed E-state index contributed by atoms with van der Waals surface area (Å²) in [4.78, 5) is 15.6. The second-order valence-corrected chi connectivity index (χ2v) is 5.97. The van der Waals surface area contributed by atoms with E-state index in [2.05, 4.69) is 22.8 Å². The Labute approximate surface area is 119 Å². The van der Waals surface area contributed by atoms with Crippen molar-refractivity contribution < 1.29 is 4.79 Å². The molecule has 2 saturated heterocycles. The van der Waals surface area contributed by atoms with Gasteiger partial charge in [-0.15, -0.1) is 12.6 Å². The number of piperidine rings is 1. The molecule has 2 fully saturated rings. The molecule has 2 heterocycles. The summed E-state index contributed by atoms with van der Waals surface area (Å²) in [5.74, 6) is 0.0167. The van der Waals surface area contributed by atoms with Gasteiger partial charge >= 0.3 is 0 Å². The Balaban J connectivity index is 1.68. The van der Waals surface area contributed by atoms with Crippen LogP contribution in [0.4, 0.5) is 0 Å². The molecule has 2 atom stereocenters. The molecule has 1 aromatic rings. The molecule has 1 aromatic carbocycles. The fourth-order valence-corrected chi connectivity index (χ4v) is 3.59. The predicted octanol–water partition coefficient (Wildman–Crippen LogP) is 2.33. The molecular formula is C15H20N2OS. The maximum absolute atomic E-state index is 12.3. The quantitative estimate of drug-likeness (QED) is 0.813. The Hall–Kier alpha value is -1.00. The van der Waals surface area contributed by atoms with Gasteiger partial charge in [0, 0.05) is 23.5 Å². The number of rotatable bonds is 2. The van der Waals surface area contributed by atoms with E-state index in [0.717, 1.165) is 17.9 Å². The lowest BCUT2D eigenvalue weighted by Gasteiger charge is -2.32. The molecule has 4 heteroatoms. The van der Waals surface area contributed by atoms with Crippen molar-refractivity contribution in [2.75, 3.05) is 13.1 Å². The summed E-state index contributed by atoms with van der Waals surface area (Å²) in [5.41, 5.74) is 0.681. The van der Waals surface area contributed by atoms with Gasteiger partial charge < -0.3 is 5.32 Å². The van der Waals surface area contributed by atoms with E-state index < -0.39 is 0 Å². The first kappa shape index (κ1) is 13.0. The topological polar surface area (TPSA) is 32.3 Å². The number of carbonyl (C=O) groups is 1. The number of carbonyl (C=O) groups excluding carboxylic acids is 1. The second-order valence-electron chi connectivity index (χ2n) is 5.48. The summed E-state index contributed by atoms with van der Waals surface area (Å²) in [6.45, 7) is 2.32. The predicted molar refractivity (Wildman–Crippen MR) is 78.8 cm³/mol. The number of benzene rings is 1. The van der Waals surface area contributed by atoms with Crippen LogP contribution in [0.25, 0.3) is 0 Å². The molecule has 3 nitrogen and oxygen atoms in total. The minimum absolute atomic E-state index is 0.0167. The van der Waals surface area contributed by atoms with Crippen LogP contribution < -0.4 is 5.32 Å². The Morgan fingerprint density at radius 1 is 1.21 bits per heavy atom. The van der Waals surface area contributed by atoms with Crippen LogP contribution in [0.1, 0.15) is 36.0 Å². The van der Waals surface area contributed by atoms with Gasteiger partial charge in [0.05, 0.1) is 5.56 Å². The highest BCUT2D eigenvalue weighted by atomic mass is 32.1. The van der Waals surface area contributed by atoms with Crippen molar-refractivity contribution in [3.05, 3.63) is 29.8 Å². The SMILES string of the molecule is O=C(NC1CCN2CCCCC12)c1ccccc1S. The van der Waals surface area contributed by atoms with E-state index in [-0.39, 0.29) is 5.91 Å². The second kappa shape index (κ2) is 5.55. The van der Waals surface area contributed by atoms with Crippen LogP contribution in [0.15, 0.2) is 29.2 Å². The van der Waals surface area contributed by atoms with Crippen molar-refractivity contribution >= 4 is 18.5 Å². The van der Waals surface area contributed by atoms with E-state index in [1.54, 1.807) is 0 Å². The summed E-state index contributed by atoms with van der Waals surface area (Å²) in [5, 5.41) is 3.21. The van der Waals surface area contributed by atoms with Crippen LogP contribution in [-0.2, 0) is 0 Å². The smallest absolute Gasteiger partial charge is 0.252 e. The Kier molecular flexibility index (Phi) is 3.80. The lowest BCUT2D eigenvalue weighted by atomic mass is 9.99. The summed E-state index contributed by atoms with van der Waals surface area (Å²) < 4.78 is 0. The number of hydrogen-bond donors (Lipinski definition) is 2. The average Bonchev–Trinajstić information content (AvgIpc) is 2.83. The van der Waals surface area contributed by atoms with Gasteiger partial charge in [-0.2, -0.15) is 0 Å². The van der Waals surface area contributed by atoms with E-state index >= 15 is 0 Å². The van der Waals surface area contributed by atoms with Crippen LogP contribution >= 0.6 is 12.6 Å². The van der Waals surface area contributed by atoms with Gasteiger partial charge in [0.25, 0.3) is 5.91 Å². The monoisotopic (exact) mass is 276 g/mol. The van der Waals surface area contributed by atoms with Crippen molar-refractivity contribution in [1.29, 1.82) is 0 Å². The van der Waals surface area contributed by atoms with Crippen LogP contribution in [0.2, 0.25) is 0 Å². The minimum atomic E-state index is 0.0167. The fraction of sp³-hybridized carbons (Fsp3) is 0.533. The maximum atomic E-state index is 12.3. The number of nitrogens with one attached hydrogen (secondary N) is 1. The first-order valence-electron chi connectivity index (χ1n) is 7.08. The maximum Gasteiger partial charge on any atom is 0.252 e. The van der Waals surface area contributed by atoms with Gasteiger partial charge in [0.15, 0.2) is 0 Å². The van der Waals surface area contributed by atoms with Crippen LogP contribution in [0.5, 0.6) is 0 Å². The highest BCUT2D eigenvalue weighted by molar-refractivity contribution is 7.80. The third-order valence-electron chi connectivity index (χ3n) is 4.32. The first-order chi connectivity index (χ1) is 9.25. The summed E-state index contributed by atoms with van der Waals surface area (Å²) in [7, 11) is 0. The van der Waals surface area contributed by atoms with E-state index in [0.29, 0.717) is 17.6 Å². The Morgan fingerprint density at radius 2 is 2.05 bits per heavy atom. The molecule has 2 aliphatic rings. The van der Waals surface area contributed by atoms with E-state index in [1.165, 1.54) is 25.8 Å². The molecule has 0 aromatic heterocycles. The third kappa shape index (κ3) is 2.65. The molecular weight excluding hydrogens is 256 g/mol. The molecule has 0 bridgehead atoms. The molecule has 3 rings (SSSR count). The van der Waals surface area contributed by atoms with E-state index in [4.69, 9.17) is 0 Å². The van der Waals surface area contributed by atoms with Crippen LogP contribution in [0, 0.1) is 0 Å². The molecule has 0 spiro atoms. The van der Waals surface area contributed by atoms with Crippen molar-refractivity contribution in [2.24, 2.45) is 0 Å². The van der Waals surface area contributed by atoms with Gasteiger partial charge in [-0.05, 0) is 37.9 Å². The molecule has 102 valence electrons. The van der Waals surface area contributed by atoms with Crippen molar-refractivity contribution in [1.82, 2.24) is 10.2 Å². The highest BCUT2D eigenvalue weighted by Gasteiger charge is 2.36. The largest absolute Gasteiger partial charge is 0.348 e. The lowest BCUT2D eigenvalue weighted by Crippen LogP contribution is -2.46. The number of fused-ring (bicyclic) bond motifs is 1. The highest BCUT2D eigenvalue weighted by Crippen LogP contribution is 2.27. The zero-order valence-electron chi connectivity index (χ0n) is 11.0. The summed E-state index contributed by atoms with van der Waals surface area (Å²) in [6, 6.07) is 8.34. The molecule has 1 N–H and O–H groups in total. The minimum Gasteiger partial charge on any atom is -0.348 e. The molecule has 1 amide bonds. The van der Waals surface area contributed by atoms with Crippen LogP contribution in [-0.4, -0.2) is 36.0 Å². The lowest BCUT2D eigenvalue weighted by molar-refractivity contribution is 0.0912. The molecule has 0 saturated carbocycles. The summed E-state index contributed by atoms with van der Waals surface area (Å²) >= 11 is 4.36. The summed E-state index contributed by atoms with van der Waals surface area (Å²) in [6.07, 6.45) is 4.88. The van der Waals surface area contributed by atoms with E-state index in [1.807, 2.05) is 24.3 Å². The van der Waals surface area contributed by atoms with Crippen LogP contribution in [0.3, 0.4) is 0 Å². The van der Waals surface area contributed by atoms with Crippen molar-refractivity contribution in [2.45, 2.75) is 42.7 Å². The average molecular weight is 276 g/mol. The van der Waals surface area contributed by atoms with Gasteiger partial charge in [0.1, 0.15) is 0 Å². The Bertz CT molecular complexity index is 477. The van der Waals surface area contributed by atoms with Crippen molar-refractivity contribution in [3.8, 4) is 0 Å². The number of nitrogens with zero attached hydrogens (tertiary/aromatic N) is 1. The number of hydrogen-bond acceptors (Lipinski definition) is 3. The molecule has 0 aliphatic carbocycles. The van der Waals surface area contributed by atoms with Gasteiger partial charge in [-0.25, -0.2) is 0 Å². The third-order valence-corrected chi connectivity index (χ3v) is 4.71. The van der Waals surface area contributed by atoms with Gasteiger partial charge in [-0.1, -0.05) is 18.6 Å².